The Morgan fingerprint density at radius 1 is 1.05 bits per heavy atom. The molecule has 0 aromatic rings. The summed E-state index contributed by atoms with van der Waals surface area (Å²) in [6, 6.07) is 0. The van der Waals surface area contributed by atoms with Gasteiger partial charge in [0.05, 0.1) is 0 Å². The van der Waals surface area contributed by atoms with Crippen LogP contribution in [0.25, 0.3) is 0 Å². The number of amides is 1. The van der Waals surface area contributed by atoms with E-state index in [4.69, 9.17) is 18.9 Å². The Morgan fingerprint density at radius 2 is 1.67 bits per heavy atom. The summed E-state index contributed by atoms with van der Waals surface area (Å²) in [5.74, 6) is -5.05. The van der Waals surface area contributed by atoms with Gasteiger partial charge in [-0.15, -0.1) is 0 Å². The highest BCUT2D eigenvalue weighted by Gasteiger charge is 2.50. The van der Waals surface area contributed by atoms with E-state index in [1.54, 1.807) is 0 Å². The van der Waals surface area contributed by atoms with Crippen LogP contribution in [0, 0.1) is 0 Å². The van der Waals surface area contributed by atoms with Crippen molar-refractivity contribution in [3.63, 3.8) is 0 Å². The molecular formula is C13H17NO7. The van der Waals surface area contributed by atoms with E-state index in [2.05, 4.69) is 5.32 Å². The lowest BCUT2D eigenvalue weighted by Crippen LogP contribution is -2.34. The van der Waals surface area contributed by atoms with Crippen LogP contribution in [0.15, 0.2) is 11.3 Å². The highest BCUT2D eigenvalue weighted by atomic mass is 16.8. The van der Waals surface area contributed by atoms with Crippen molar-refractivity contribution < 1.29 is 33.3 Å². The highest BCUT2D eigenvalue weighted by Crippen LogP contribution is 2.34. The quantitative estimate of drug-likeness (QED) is 0.564. The van der Waals surface area contributed by atoms with Gasteiger partial charge in [-0.25, -0.2) is 9.59 Å². The Kier molecular flexibility index (Phi) is 3.45. The Morgan fingerprint density at radius 3 is 2.05 bits per heavy atom. The average molecular weight is 299 g/mol. The minimum atomic E-state index is -1.35. The number of likely N-dealkylation sites (N-methyl/N-ethyl adjacent to an activating group) is 1. The predicted molar refractivity (Wildman–Crippen MR) is 67.4 cm³/mol. The summed E-state index contributed by atoms with van der Waals surface area (Å²) in [4.78, 5) is 35.8. The number of ether oxygens (including phenoxy) is 4. The molecule has 21 heavy (non-hydrogen) atoms. The molecule has 116 valence electrons. The van der Waals surface area contributed by atoms with Crippen molar-refractivity contribution in [2.24, 2.45) is 0 Å². The maximum Gasteiger partial charge on any atom is 0.377 e. The molecule has 2 saturated heterocycles. The Bertz CT molecular complexity index is 547. The van der Waals surface area contributed by atoms with Gasteiger partial charge in [0.15, 0.2) is 6.10 Å². The molecule has 1 atom stereocenters. The average Bonchev–Trinajstić information content (AvgIpc) is 2.75. The molecule has 0 aromatic carbocycles. The molecule has 2 fully saturated rings. The van der Waals surface area contributed by atoms with Crippen molar-refractivity contribution in [1.82, 2.24) is 5.32 Å². The number of hydrogen-bond acceptors (Lipinski definition) is 7. The third kappa shape index (κ3) is 2.85. The molecule has 8 heteroatoms. The third-order valence-corrected chi connectivity index (χ3v) is 2.81. The van der Waals surface area contributed by atoms with Gasteiger partial charge in [0, 0.05) is 34.7 Å². The fraction of sp³-hybridized carbons (Fsp3) is 0.615. The zero-order valence-electron chi connectivity index (χ0n) is 12.4. The maximum absolute atomic E-state index is 12.1. The van der Waals surface area contributed by atoms with Crippen LogP contribution in [0.2, 0.25) is 0 Å². The zero-order chi connectivity index (χ0) is 16.0. The van der Waals surface area contributed by atoms with Gasteiger partial charge in [-0.2, -0.15) is 0 Å². The minimum absolute atomic E-state index is 0.261. The molecule has 0 aromatic heterocycles. The van der Waals surface area contributed by atoms with Crippen LogP contribution in [0.5, 0.6) is 0 Å². The molecule has 0 saturated carbocycles. The number of nitrogens with one attached hydrogen (secondary N) is 1. The smallest absolute Gasteiger partial charge is 0.377 e. The van der Waals surface area contributed by atoms with Gasteiger partial charge in [0.2, 0.25) is 17.3 Å². The summed E-state index contributed by atoms with van der Waals surface area (Å²) in [6.07, 6.45) is -1.35. The SMILES string of the molecule is CNC(=O)C(=C1OC(C)(C)OC1=O)C1OC(C)(C)OC1=O. The topological polar surface area (TPSA) is 100 Å². The number of cyclic esters (lactones) is 2. The third-order valence-electron chi connectivity index (χ3n) is 2.81. The van der Waals surface area contributed by atoms with E-state index in [0.717, 1.165) is 0 Å². The van der Waals surface area contributed by atoms with Crippen LogP contribution in [0.3, 0.4) is 0 Å². The van der Waals surface area contributed by atoms with Crippen LogP contribution in [-0.4, -0.2) is 42.6 Å². The van der Waals surface area contributed by atoms with Crippen molar-refractivity contribution in [2.45, 2.75) is 45.4 Å². The van der Waals surface area contributed by atoms with Crippen LogP contribution >= 0.6 is 0 Å². The van der Waals surface area contributed by atoms with E-state index >= 15 is 0 Å². The number of carbonyl (C=O) groups excluding carboxylic acids is 3. The standard InChI is InChI=1S/C13H17NO7/c1-12(2)18-7(10(16)20-12)6(9(15)14-5)8-11(17)21-13(3,4)19-8/h7H,1-5H3,(H,14,15). The van der Waals surface area contributed by atoms with Gasteiger partial charge < -0.3 is 24.3 Å². The Balaban J connectivity index is 2.49. The first-order chi connectivity index (χ1) is 9.56. The van der Waals surface area contributed by atoms with E-state index in [1.807, 2.05) is 0 Å². The fourth-order valence-electron chi connectivity index (χ4n) is 2.05. The van der Waals surface area contributed by atoms with E-state index < -0.39 is 35.5 Å². The lowest BCUT2D eigenvalue weighted by molar-refractivity contribution is -0.161. The molecule has 8 nitrogen and oxygen atoms in total. The highest BCUT2D eigenvalue weighted by molar-refractivity contribution is 6.07. The monoisotopic (exact) mass is 299 g/mol. The van der Waals surface area contributed by atoms with Crippen LogP contribution in [-0.2, 0) is 33.3 Å². The van der Waals surface area contributed by atoms with Gasteiger partial charge in [0.25, 0.3) is 5.91 Å². The summed E-state index contributed by atoms with van der Waals surface area (Å²) < 4.78 is 20.7. The number of hydrogen-bond donors (Lipinski definition) is 1. The molecule has 0 spiro atoms. The van der Waals surface area contributed by atoms with Crippen LogP contribution < -0.4 is 5.32 Å². The Hall–Kier alpha value is -2.09. The minimum Gasteiger partial charge on any atom is -0.445 e. The van der Waals surface area contributed by atoms with Gasteiger partial charge in [-0.3, -0.25) is 4.79 Å². The summed E-state index contributed by atoms with van der Waals surface area (Å²) >= 11 is 0. The van der Waals surface area contributed by atoms with Crippen molar-refractivity contribution in [3.8, 4) is 0 Å². The number of esters is 2. The lowest BCUT2D eigenvalue weighted by atomic mass is 10.1. The first-order valence-electron chi connectivity index (χ1n) is 6.35. The second-order valence-electron chi connectivity index (χ2n) is 5.53. The summed E-state index contributed by atoms with van der Waals surface area (Å²) in [5, 5.41) is 2.34. The molecule has 2 heterocycles. The molecular weight excluding hydrogens is 282 g/mol. The summed E-state index contributed by atoms with van der Waals surface area (Å²) in [7, 11) is 1.36. The van der Waals surface area contributed by atoms with Gasteiger partial charge >= 0.3 is 11.9 Å². The molecule has 0 bridgehead atoms. The first kappa shape index (κ1) is 15.3. The number of carbonyl (C=O) groups is 3. The van der Waals surface area contributed by atoms with Crippen molar-refractivity contribution in [1.29, 1.82) is 0 Å². The molecule has 1 amide bonds. The molecule has 0 aliphatic carbocycles. The molecule has 0 radical (unpaired) electrons. The first-order valence-corrected chi connectivity index (χ1v) is 6.35. The van der Waals surface area contributed by atoms with Gasteiger partial charge in [-0.1, -0.05) is 0 Å². The van der Waals surface area contributed by atoms with Crippen LogP contribution in [0.4, 0.5) is 0 Å². The van der Waals surface area contributed by atoms with Gasteiger partial charge in [-0.05, 0) is 0 Å². The van der Waals surface area contributed by atoms with Gasteiger partial charge in [0.1, 0.15) is 5.57 Å². The van der Waals surface area contributed by atoms with E-state index in [9.17, 15) is 14.4 Å². The fourth-order valence-corrected chi connectivity index (χ4v) is 2.05. The van der Waals surface area contributed by atoms with E-state index in [-0.39, 0.29) is 11.3 Å². The molecule has 1 N–H and O–H groups in total. The van der Waals surface area contributed by atoms with Crippen molar-refractivity contribution in [2.75, 3.05) is 7.05 Å². The molecule has 2 aliphatic heterocycles. The largest absolute Gasteiger partial charge is 0.445 e. The molecule has 2 rings (SSSR count). The second-order valence-corrected chi connectivity index (χ2v) is 5.53. The number of rotatable bonds is 2. The molecule has 1 unspecified atom stereocenters. The van der Waals surface area contributed by atoms with E-state index in [1.165, 1.54) is 34.7 Å². The summed E-state index contributed by atoms with van der Waals surface area (Å²) in [5.41, 5.74) is -0.261. The molecule has 2 aliphatic rings. The zero-order valence-corrected chi connectivity index (χ0v) is 12.4. The predicted octanol–water partition coefficient (Wildman–Crippen LogP) is -0.0259. The lowest BCUT2D eigenvalue weighted by Gasteiger charge is -2.17. The Labute approximate surface area is 121 Å². The normalized spacial score (nSPS) is 28.5. The maximum atomic E-state index is 12.1. The summed E-state index contributed by atoms with van der Waals surface area (Å²) in [6.45, 7) is 6.07. The van der Waals surface area contributed by atoms with Crippen LogP contribution in [0.1, 0.15) is 27.7 Å². The van der Waals surface area contributed by atoms with E-state index in [0.29, 0.717) is 0 Å². The van der Waals surface area contributed by atoms with Crippen molar-refractivity contribution in [3.05, 3.63) is 11.3 Å². The van der Waals surface area contributed by atoms with Crippen molar-refractivity contribution >= 4 is 17.8 Å². The second kappa shape index (κ2) is 4.73.